The van der Waals surface area contributed by atoms with Gasteiger partial charge in [0, 0.05) is 24.4 Å². The first-order valence-electron chi connectivity index (χ1n) is 9.76. The van der Waals surface area contributed by atoms with E-state index in [1.807, 2.05) is 37.3 Å². The Kier molecular flexibility index (Phi) is 5.49. The first-order valence-corrected chi connectivity index (χ1v) is 9.76. The molecule has 0 bridgehead atoms. The summed E-state index contributed by atoms with van der Waals surface area (Å²) in [4.78, 5) is 17.8. The molecule has 2 heterocycles. The molecule has 2 aromatic carbocycles. The van der Waals surface area contributed by atoms with Crippen LogP contribution in [0.4, 0.5) is 11.6 Å². The number of fused-ring (bicyclic) bond motifs is 1. The number of benzene rings is 2. The maximum Gasteiger partial charge on any atom is 0.255 e. The molecule has 4 N–H and O–H groups in total. The van der Waals surface area contributed by atoms with Gasteiger partial charge in [-0.05, 0) is 43.2 Å². The van der Waals surface area contributed by atoms with Crippen LogP contribution in [0.1, 0.15) is 30.8 Å². The van der Waals surface area contributed by atoms with Gasteiger partial charge in [0.1, 0.15) is 11.8 Å². The number of phenols is 1. The number of aromatic nitrogens is 3. The third-order valence-electron chi connectivity index (χ3n) is 4.94. The molecular weight excluding hydrogens is 382 g/mol. The van der Waals surface area contributed by atoms with E-state index in [0.717, 1.165) is 5.56 Å². The van der Waals surface area contributed by atoms with Crippen molar-refractivity contribution < 1.29 is 15.0 Å². The SMILES string of the molecule is CC1=C(C(=O)Nc2ccccc2)[C@H](c2ccc(O)cc2)n2nc(CCCO)nc2N1. The number of aliphatic hydroxyl groups is 1. The highest BCUT2D eigenvalue weighted by molar-refractivity contribution is 6.06. The van der Waals surface area contributed by atoms with Gasteiger partial charge in [0.05, 0.1) is 5.57 Å². The summed E-state index contributed by atoms with van der Waals surface area (Å²) >= 11 is 0. The largest absolute Gasteiger partial charge is 0.508 e. The Hall–Kier alpha value is -3.65. The van der Waals surface area contributed by atoms with Gasteiger partial charge in [-0.15, -0.1) is 0 Å². The number of amides is 1. The van der Waals surface area contributed by atoms with Crippen molar-refractivity contribution in [3.63, 3.8) is 0 Å². The second-order valence-electron chi connectivity index (χ2n) is 7.10. The molecule has 3 aromatic rings. The first-order chi connectivity index (χ1) is 14.6. The minimum atomic E-state index is -0.513. The zero-order valence-corrected chi connectivity index (χ0v) is 16.5. The lowest BCUT2D eigenvalue weighted by atomic mass is 9.95. The van der Waals surface area contributed by atoms with Gasteiger partial charge < -0.3 is 20.8 Å². The lowest BCUT2D eigenvalue weighted by Crippen LogP contribution is -2.31. The Bertz CT molecular complexity index is 1070. The fourth-order valence-electron chi connectivity index (χ4n) is 3.52. The minimum Gasteiger partial charge on any atom is -0.508 e. The second-order valence-corrected chi connectivity index (χ2v) is 7.10. The van der Waals surface area contributed by atoms with Crippen molar-refractivity contribution in [1.82, 2.24) is 14.8 Å². The van der Waals surface area contributed by atoms with Crippen LogP contribution >= 0.6 is 0 Å². The third kappa shape index (κ3) is 3.90. The van der Waals surface area contributed by atoms with Crippen LogP contribution in [0.3, 0.4) is 0 Å². The Labute approximate surface area is 173 Å². The molecule has 0 spiro atoms. The molecule has 1 aliphatic heterocycles. The maximum absolute atomic E-state index is 13.3. The summed E-state index contributed by atoms with van der Waals surface area (Å²) in [5.74, 6) is 1.02. The predicted octanol–water partition coefficient (Wildman–Crippen LogP) is 2.84. The molecular formula is C22H23N5O3. The van der Waals surface area contributed by atoms with E-state index in [1.54, 1.807) is 28.9 Å². The number of para-hydroxylation sites is 1. The number of nitrogens with one attached hydrogen (secondary N) is 2. The van der Waals surface area contributed by atoms with Crippen LogP contribution in [0.2, 0.25) is 0 Å². The average Bonchev–Trinajstić information content (AvgIpc) is 3.15. The smallest absolute Gasteiger partial charge is 0.255 e. The zero-order chi connectivity index (χ0) is 21.1. The Balaban J connectivity index is 1.75. The van der Waals surface area contributed by atoms with Crippen LogP contribution in [-0.4, -0.2) is 37.5 Å². The highest BCUT2D eigenvalue weighted by Crippen LogP contribution is 2.36. The van der Waals surface area contributed by atoms with E-state index in [0.29, 0.717) is 41.6 Å². The van der Waals surface area contributed by atoms with E-state index in [9.17, 15) is 9.90 Å². The number of aryl methyl sites for hydroxylation is 1. The van der Waals surface area contributed by atoms with Gasteiger partial charge in [-0.3, -0.25) is 4.79 Å². The van der Waals surface area contributed by atoms with Gasteiger partial charge >= 0.3 is 0 Å². The van der Waals surface area contributed by atoms with Crippen molar-refractivity contribution in [3.8, 4) is 5.75 Å². The molecule has 0 fully saturated rings. The van der Waals surface area contributed by atoms with Gasteiger partial charge in [0.2, 0.25) is 5.95 Å². The number of hydrogen-bond acceptors (Lipinski definition) is 6. The molecule has 0 saturated carbocycles. The number of aliphatic hydroxyl groups excluding tert-OH is 1. The number of phenolic OH excluding ortho intramolecular Hbond substituents is 1. The third-order valence-corrected chi connectivity index (χ3v) is 4.94. The van der Waals surface area contributed by atoms with Crippen molar-refractivity contribution in [2.24, 2.45) is 0 Å². The fraction of sp³-hybridized carbons (Fsp3) is 0.227. The number of carbonyl (C=O) groups is 1. The summed E-state index contributed by atoms with van der Waals surface area (Å²) in [6.45, 7) is 1.89. The first kappa shape index (κ1) is 19.7. The summed E-state index contributed by atoms with van der Waals surface area (Å²) in [5.41, 5.74) is 2.68. The van der Waals surface area contributed by atoms with E-state index in [4.69, 9.17) is 5.11 Å². The molecule has 0 saturated heterocycles. The van der Waals surface area contributed by atoms with E-state index >= 15 is 0 Å². The summed E-state index contributed by atoms with van der Waals surface area (Å²) in [6.07, 6.45) is 1.09. The zero-order valence-electron chi connectivity index (χ0n) is 16.5. The summed E-state index contributed by atoms with van der Waals surface area (Å²) in [7, 11) is 0. The molecule has 8 nitrogen and oxygen atoms in total. The quantitative estimate of drug-likeness (QED) is 0.502. The topological polar surface area (TPSA) is 112 Å². The Morgan fingerprint density at radius 3 is 2.60 bits per heavy atom. The molecule has 1 aromatic heterocycles. The van der Waals surface area contributed by atoms with Crippen LogP contribution in [-0.2, 0) is 11.2 Å². The Morgan fingerprint density at radius 1 is 1.17 bits per heavy atom. The fourth-order valence-corrected chi connectivity index (χ4v) is 3.52. The molecule has 154 valence electrons. The average molecular weight is 405 g/mol. The van der Waals surface area contributed by atoms with Gasteiger partial charge in [0.25, 0.3) is 5.91 Å². The standard InChI is InChI=1S/C22H23N5O3/c1-14-19(21(30)24-16-6-3-2-4-7-16)20(15-9-11-17(29)12-10-15)27-22(23-14)25-18(26-27)8-5-13-28/h2-4,6-7,9-12,20,28-29H,5,8,13H2,1H3,(H,24,30)(H,23,25,26)/t20-/m0/s1. The molecule has 1 amide bonds. The lowest BCUT2D eigenvalue weighted by molar-refractivity contribution is -0.113. The van der Waals surface area contributed by atoms with Crippen LogP contribution in [0, 0.1) is 0 Å². The van der Waals surface area contributed by atoms with E-state index < -0.39 is 6.04 Å². The molecule has 0 radical (unpaired) electrons. The van der Waals surface area contributed by atoms with E-state index in [-0.39, 0.29) is 18.3 Å². The number of carbonyl (C=O) groups excluding carboxylic acids is 1. The van der Waals surface area contributed by atoms with Crippen molar-refractivity contribution in [2.45, 2.75) is 25.8 Å². The van der Waals surface area contributed by atoms with Crippen molar-refractivity contribution >= 4 is 17.5 Å². The molecule has 4 rings (SSSR count). The molecule has 8 heteroatoms. The highest BCUT2D eigenvalue weighted by Gasteiger charge is 2.34. The monoisotopic (exact) mass is 405 g/mol. The number of anilines is 2. The van der Waals surface area contributed by atoms with Crippen LogP contribution in [0.15, 0.2) is 65.9 Å². The van der Waals surface area contributed by atoms with Crippen LogP contribution in [0.25, 0.3) is 0 Å². The number of aromatic hydroxyl groups is 1. The maximum atomic E-state index is 13.3. The Morgan fingerprint density at radius 2 is 1.90 bits per heavy atom. The van der Waals surface area contributed by atoms with Gasteiger partial charge in [-0.25, -0.2) is 4.68 Å². The summed E-state index contributed by atoms with van der Waals surface area (Å²) in [6, 6.07) is 15.5. The highest BCUT2D eigenvalue weighted by atomic mass is 16.3. The van der Waals surface area contributed by atoms with Crippen molar-refractivity contribution in [2.75, 3.05) is 17.2 Å². The summed E-state index contributed by atoms with van der Waals surface area (Å²) in [5, 5.41) is 29.6. The van der Waals surface area contributed by atoms with E-state index in [1.165, 1.54) is 0 Å². The lowest BCUT2D eigenvalue weighted by Gasteiger charge is -2.28. The summed E-state index contributed by atoms with van der Waals surface area (Å²) < 4.78 is 1.69. The number of hydrogen-bond donors (Lipinski definition) is 4. The van der Waals surface area contributed by atoms with Crippen molar-refractivity contribution in [1.29, 1.82) is 0 Å². The predicted molar refractivity (Wildman–Crippen MR) is 113 cm³/mol. The van der Waals surface area contributed by atoms with Gasteiger partial charge in [-0.2, -0.15) is 10.1 Å². The number of nitrogens with zero attached hydrogens (tertiary/aromatic N) is 3. The number of allylic oxidation sites excluding steroid dienone is 1. The van der Waals surface area contributed by atoms with Crippen molar-refractivity contribution in [3.05, 3.63) is 77.3 Å². The van der Waals surface area contributed by atoms with Crippen LogP contribution < -0.4 is 10.6 Å². The normalized spacial score (nSPS) is 15.5. The molecule has 30 heavy (non-hydrogen) atoms. The molecule has 0 unspecified atom stereocenters. The van der Waals surface area contributed by atoms with Gasteiger partial charge in [-0.1, -0.05) is 30.3 Å². The minimum absolute atomic E-state index is 0.0563. The number of rotatable bonds is 6. The van der Waals surface area contributed by atoms with Gasteiger partial charge in [0.15, 0.2) is 5.82 Å². The van der Waals surface area contributed by atoms with E-state index in [2.05, 4.69) is 20.7 Å². The molecule has 1 aliphatic rings. The molecule has 1 atom stereocenters. The van der Waals surface area contributed by atoms with Crippen LogP contribution in [0.5, 0.6) is 5.75 Å². The second kappa shape index (κ2) is 8.38. The molecule has 0 aliphatic carbocycles.